The van der Waals surface area contributed by atoms with E-state index in [1.54, 1.807) is 0 Å². The Morgan fingerprint density at radius 2 is 1.59 bits per heavy atom. The number of aromatic nitrogens is 2. The van der Waals surface area contributed by atoms with Gasteiger partial charge in [-0.2, -0.15) is 9.97 Å². The molecule has 2 aliphatic heterocycles. The first-order valence-electron chi connectivity index (χ1n) is 14.2. The van der Waals surface area contributed by atoms with Crippen LogP contribution in [0.3, 0.4) is 0 Å². The van der Waals surface area contributed by atoms with Crippen LogP contribution in [-0.2, 0) is 5.41 Å². The Labute approximate surface area is 232 Å². The maximum atomic E-state index is 6.19. The molecule has 3 fully saturated rings. The molecule has 1 atom stereocenters. The minimum absolute atomic E-state index is 0.0696. The summed E-state index contributed by atoms with van der Waals surface area (Å²) in [5, 5.41) is 8.27. The molecule has 2 aromatic rings. The van der Waals surface area contributed by atoms with Crippen molar-refractivity contribution in [3.05, 3.63) is 40.9 Å². The summed E-state index contributed by atoms with van der Waals surface area (Å²) in [6.45, 7) is 7.33. The molecule has 0 amide bonds. The van der Waals surface area contributed by atoms with Crippen LogP contribution < -0.4 is 20.4 Å². The predicted molar refractivity (Wildman–Crippen MR) is 159 cm³/mol. The largest absolute Gasteiger partial charge is 0.361 e. The van der Waals surface area contributed by atoms with Crippen molar-refractivity contribution in [1.29, 1.82) is 0 Å². The van der Waals surface area contributed by atoms with Crippen molar-refractivity contribution in [1.82, 2.24) is 15.3 Å². The maximum Gasteiger partial charge on any atom is 0.232 e. The van der Waals surface area contributed by atoms with Crippen molar-refractivity contribution in [2.24, 2.45) is 5.92 Å². The van der Waals surface area contributed by atoms with Crippen LogP contribution >= 0.6 is 23.8 Å². The number of thiocarbonyl (C=S) groups is 1. The van der Waals surface area contributed by atoms with E-state index in [9.17, 15) is 0 Å². The second kappa shape index (κ2) is 12.2. The van der Waals surface area contributed by atoms with Crippen LogP contribution in [0.4, 0.5) is 17.6 Å². The number of hydrogen-bond donors (Lipinski definition) is 2. The van der Waals surface area contributed by atoms with Gasteiger partial charge < -0.3 is 20.4 Å². The number of halogens is 1. The summed E-state index contributed by atoms with van der Waals surface area (Å²) < 4.78 is 0. The third-order valence-corrected chi connectivity index (χ3v) is 8.94. The molecule has 6 nitrogen and oxygen atoms in total. The van der Waals surface area contributed by atoms with E-state index < -0.39 is 0 Å². The number of nitrogens with one attached hydrogen (secondary N) is 2. The van der Waals surface area contributed by atoms with Gasteiger partial charge in [0.25, 0.3) is 0 Å². The minimum Gasteiger partial charge on any atom is -0.361 e. The smallest absolute Gasteiger partial charge is 0.232 e. The van der Waals surface area contributed by atoms with Gasteiger partial charge in [0.05, 0.1) is 0 Å². The summed E-state index contributed by atoms with van der Waals surface area (Å²) in [7, 11) is 0. The standard InChI is InChI=1S/C29H41ClN6S/c1-22-9-8-18-36(20-22)26-19-25(35-16-6-3-7-17-35)32-27(33-26)34-28(37)31-21-29(14-4-2-5-15-29)23-10-12-24(30)13-11-23/h10-13,19,22H,2-9,14-18,20-21H2,1H3,(H2,31,32,33,34,37)/t22-/m1/s1. The lowest BCUT2D eigenvalue weighted by Gasteiger charge is -2.38. The Hall–Kier alpha value is -2.12. The molecule has 1 aliphatic carbocycles. The van der Waals surface area contributed by atoms with Crippen LogP contribution in [0, 0.1) is 5.92 Å². The molecule has 0 radical (unpaired) electrons. The molecule has 0 bridgehead atoms. The van der Waals surface area contributed by atoms with Crippen LogP contribution in [-0.4, -0.2) is 47.8 Å². The molecule has 200 valence electrons. The molecule has 37 heavy (non-hydrogen) atoms. The summed E-state index contributed by atoms with van der Waals surface area (Å²) in [4.78, 5) is 14.7. The quantitative estimate of drug-likeness (QED) is 0.403. The number of anilines is 3. The van der Waals surface area contributed by atoms with Crippen LogP contribution in [0.2, 0.25) is 5.02 Å². The normalized spacial score (nSPS) is 21.9. The van der Waals surface area contributed by atoms with Crippen molar-refractivity contribution < 1.29 is 0 Å². The average molecular weight is 541 g/mol. The van der Waals surface area contributed by atoms with E-state index in [2.05, 4.69) is 45.6 Å². The highest BCUT2D eigenvalue weighted by atomic mass is 35.5. The fraction of sp³-hybridized carbons (Fsp3) is 0.621. The van der Waals surface area contributed by atoms with Gasteiger partial charge in [-0.25, -0.2) is 0 Å². The zero-order valence-corrected chi connectivity index (χ0v) is 23.7. The zero-order valence-electron chi connectivity index (χ0n) is 22.1. The van der Waals surface area contributed by atoms with Gasteiger partial charge in [-0.3, -0.25) is 0 Å². The molecule has 2 N–H and O–H groups in total. The molecule has 1 aromatic heterocycles. The molecular weight excluding hydrogens is 500 g/mol. The summed E-state index contributed by atoms with van der Waals surface area (Å²) >= 11 is 12.0. The first-order valence-corrected chi connectivity index (χ1v) is 15.0. The third kappa shape index (κ3) is 6.66. The SMILES string of the molecule is C[C@@H]1CCCN(c2cc(N3CCCCC3)nc(NC(=S)NCC3(c4ccc(Cl)cc4)CCCCC3)n2)C1. The van der Waals surface area contributed by atoms with Crippen molar-refractivity contribution in [3.8, 4) is 0 Å². The number of piperidine rings is 2. The van der Waals surface area contributed by atoms with E-state index in [-0.39, 0.29) is 5.41 Å². The highest BCUT2D eigenvalue weighted by molar-refractivity contribution is 7.80. The first-order chi connectivity index (χ1) is 18.0. The van der Waals surface area contributed by atoms with Crippen LogP contribution in [0.1, 0.15) is 76.7 Å². The van der Waals surface area contributed by atoms with E-state index in [1.165, 1.54) is 56.9 Å². The summed E-state index contributed by atoms with van der Waals surface area (Å²) in [5.74, 6) is 3.30. The van der Waals surface area contributed by atoms with E-state index in [0.29, 0.717) is 17.0 Å². The van der Waals surface area contributed by atoms with Crippen LogP contribution in [0.15, 0.2) is 30.3 Å². The molecule has 1 saturated carbocycles. The van der Waals surface area contributed by atoms with Gasteiger partial charge in [-0.05, 0) is 80.8 Å². The Balaban J connectivity index is 1.32. The van der Waals surface area contributed by atoms with Gasteiger partial charge in [0.1, 0.15) is 11.6 Å². The topological polar surface area (TPSA) is 56.3 Å². The van der Waals surface area contributed by atoms with Gasteiger partial charge in [0.2, 0.25) is 5.95 Å². The van der Waals surface area contributed by atoms with E-state index in [0.717, 1.165) is 62.2 Å². The Morgan fingerprint density at radius 1 is 0.946 bits per heavy atom. The molecule has 3 aliphatic rings. The molecule has 3 heterocycles. The number of nitrogens with zero attached hydrogens (tertiary/aromatic N) is 4. The molecule has 5 rings (SSSR count). The molecular formula is C29H41ClN6S. The monoisotopic (exact) mass is 540 g/mol. The number of benzene rings is 1. The lowest BCUT2D eigenvalue weighted by atomic mass is 9.69. The second-order valence-corrected chi connectivity index (χ2v) is 12.1. The number of hydrogen-bond acceptors (Lipinski definition) is 5. The van der Waals surface area contributed by atoms with Crippen molar-refractivity contribution in [2.45, 2.75) is 76.5 Å². The van der Waals surface area contributed by atoms with E-state index in [4.69, 9.17) is 33.8 Å². The predicted octanol–water partition coefficient (Wildman–Crippen LogP) is 6.55. The van der Waals surface area contributed by atoms with Crippen molar-refractivity contribution in [3.63, 3.8) is 0 Å². The third-order valence-electron chi connectivity index (χ3n) is 8.44. The van der Waals surface area contributed by atoms with Gasteiger partial charge in [-0.15, -0.1) is 0 Å². The summed E-state index contributed by atoms with van der Waals surface area (Å²) in [6.07, 6.45) is 12.3. The van der Waals surface area contributed by atoms with Gasteiger partial charge >= 0.3 is 0 Å². The highest BCUT2D eigenvalue weighted by Gasteiger charge is 2.34. The molecule has 0 unspecified atom stereocenters. The van der Waals surface area contributed by atoms with Crippen LogP contribution in [0.25, 0.3) is 0 Å². The van der Waals surface area contributed by atoms with Gasteiger partial charge in [-0.1, -0.05) is 49.9 Å². The molecule has 2 saturated heterocycles. The summed E-state index contributed by atoms with van der Waals surface area (Å²) in [6, 6.07) is 10.6. The van der Waals surface area contributed by atoms with Gasteiger partial charge in [0, 0.05) is 49.2 Å². The first kappa shape index (κ1) is 26.5. The summed E-state index contributed by atoms with van der Waals surface area (Å²) in [5.41, 5.74) is 1.41. The van der Waals surface area contributed by atoms with Crippen molar-refractivity contribution in [2.75, 3.05) is 47.8 Å². The zero-order chi connectivity index (χ0) is 25.7. The maximum absolute atomic E-state index is 6.19. The minimum atomic E-state index is 0.0696. The Kier molecular flexibility index (Phi) is 8.71. The molecule has 1 aromatic carbocycles. The fourth-order valence-corrected chi connectivity index (χ4v) is 6.61. The molecule has 0 spiro atoms. The lowest BCUT2D eigenvalue weighted by molar-refractivity contribution is 0.292. The Morgan fingerprint density at radius 3 is 2.30 bits per heavy atom. The average Bonchev–Trinajstić information content (AvgIpc) is 2.93. The fourth-order valence-electron chi connectivity index (χ4n) is 6.32. The van der Waals surface area contributed by atoms with E-state index >= 15 is 0 Å². The Bertz CT molecular complexity index is 1050. The molecule has 8 heteroatoms. The van der Waals surface area contributed by atoms with Gasteiger partial charge in [0.15, 0.2) is 5.11 Å². The lowest BCUT2D eigenvalue weighted by Crippen LogP contribution is -2.43. The van der Waals surface area contributed by atoms with E-state index in [1.807, 2.05) is 12.1 Å². The second-order valence-electron chi connectivity index (χ2n) is 11.3. The highest BCUT2D eigenvalue weighted by Crippen LogP contribution is 2.39. The number of rotatable bonds is 6. The van der Waals surface area contributed by atoms with Crippen LogP contribution in [0.5, 0.6) is 0 Å². The van der Waals surface area contributed by atoms with Crippen molar-refractivity contribution >= 4 is 46.5 Å².